The van der Waals surface area contributed by atoms with Crippen molar-refractivity contribution in [1.29, 1.82) is 0 Å². The van der Waals surface area contributed by atoms with E-state index in [2.05, 4.69) is 15.3 Å². The number of carbonyl (C=O) groups is 3. The molecule has 2 aromatic heterocycles. The summed E-state index contributed by atoms with van der Waals surface area (Å²) in [7, 11) is 0. The van der Waals surface area contributed by atoms with Gasteiger partial charge in [-0.25, -0.2) is 9.97 Å². The predicted molar refractivity (Wildman–Crippen MR) is 171 cm³/mol. The van der Waals surface area contributed by atoms with E-state index in [1.165, 1.54) is 10.8 Å². The number of amides is 2. The Labute approximate surface area is 259 Å². The molecule has 3 aromatic carbocycles. The number of fused-ring (bicyclic) bond motifs is 1. The summed E-state index contributed by atoms with van der Waals surface area (Å²) in [5, 5.41) is 2.78. The third-order valence-electron chi connectivity index (χ3n) is 7.48. The second-order valence-electron chi connectivity index (χ2n) is 10.7. The highest BCUT2D eigenvalue weighted by atomic mass is 16.4. The Hall–Kier alpha value is -5.58. The lowest BCUT2D eigenvalue weighted by Crippen LogP contribution is -2.45. The number of nitrogens with zero attached hydrogens (tertiary/aromatic N) is 4. The number of hydrogen-bond acceptors (Lipinski definition) is 8. The van der Waals surface area contributed by atoms with Gasteiger partial charge in [-0.3, -0.25) is 23.7 Å². The Kier molecular flexibility index (Phi) is 9.17. The molecule has 0 bridgehead atoms. The Morgan fingerprint density at radius 1 is 1.00 bits per heavy atom. The second kappa shape index (κ2) is 13.4. The lowest BCUT2D eigenvalue weighted by atomic mass is 10.0. The van der Waals surface area contributed by atoms with Gasteiger partial charge in [0.1, 0.15) is 29.6 Å². The Morgan fingerprint density at radius 3 is 2.47 bits per heavy atom. The molecule has 11 nitrogen and oxygen atoms in total. The molecule has 2 amide bonds. The van der Waals surface area contributed by atoms with E-state index >= 15 is 0 Å². The van der Waals surface area contributed by atoms with E-state index in [1.54, 1.807) is 29.2 Å². The van der Waals surface area contributed by atoms with Crippen molar-refractivity contribution in [2.75, 3.05) is 18.8 Å². The van der Waals surface area contributed by atoms with Crippen molar-refractivity contribution in [1.82, 2.24) is 24.8 Å². The Balaban J connectivity index is 1.44. The van der Waals surface area contributed by atoms with E-state index in [-0.39, 0.29) is 29.7 Å². The molecule has 0 aliphatic heterocycles. The van der Waals surface area contributed by atoms with E-state index in [4.69, 9.17) is 10.2 Å². The number of nitrogen functional groups attached to an aromatic ring is 1. The third kappa shape index (κ3) is 6.82. The zero-order valence-corrected chi connectivity index (χ0v) is 25.3. The van der Waals surface area contributed by atoms with Crippen molar-refractivity contribution in [3.8, 4) is 11.4 Å². The molecule has 3 N–H and O–H groups in total. The number of nitrogens with one attached hydrogen (secondary N) is 1. The van der Waals surface area contributed by atoms with Crippen molar-refractivity contribution < 1.29 is 18.8 Å². The fourth-order valence-electron chi connectivity index (χ4n) is 5.12. The SMILES string of the molecule is CCN(CC)C(=O)c1ccc2oc(C(=O)C(Cc3ccccc3)NC(=O)Cn3c(-c4cccc(C)c4)ncc(N)c3=O)nc2c1. The first-order valence-electron chi connectivity index (χ1n) is 14.7. The molecule has 5 rings (SSSR count). The van der Waals surface area contributed by atoms with Gasteiger partial charge in [-0.1, -0.05) is 54.1 Å². The Bertz CT molecular complexity index is 1930. The first-order chi connectivity index (χ1) is 21.7. The summed E-state index contributed by atoms with van der Waals surface area (Å²) < 4.78 is 6.99. The van der Waals surface area contributed by atoms with Gasteiger partial charge < -0.3 is 20.4 Å². The zero-order chi connectivity index (χ0) is 32.1. The average molecular weight is 607 g/mol. The van der Waals surface area contributed by atoms with E-state index in [9.17, 15) is 19.2 Å². The number of rotatable bonds is 11. The maximum Gasteiger partial charge on any atom is 0.277 e. The molecule has 0 aliphatic carbocycles. The smallest absolute Gasteiger partial charge is 0.277 e. The van der Waals surface area contributed by atoms with Crippen molar-refractivity contribution in [3.05, 3.63) is 112 Å². The number of aromatic nitrogens is 3. The van der Waals surface area contributed by atoms with Crippen LogP contribution in [0.15, 0.2) is 88.2 Å². The van der Waals surface area contributed by atoms with E-state index < -0.39 is 29.8 Å². The van der Waals surface area contributed by atoms with Crippen molar-refractivity contribution in [2.45, 2.75) is 39.8 Å². The van der Waals surface area contributed by atoms with Gasteiger partial charge in [-0.2, -0.15) is 0 Å². The average Bonchev–Trinajstić information content (AvgIpc) is 3.47. The van der Waals surface area contributed by atoms with Gasteiger partial charge in [-0.15, -0.1) is 0 Å². The van der Waals surface area contributed by atoms with Crippen LogP contribution in [0.3, 0.4) is 0 Å². The van der Waals surface area contributed by atoms with Crippen LogP contribution in [-0.2, 0) is 17.8 Å². The summed E-state index contributed by atoms with van der Waals surface area (Å²) in [6.45, 7) is 6.39. The van der Waals surface area contributed by atoms with Gasteiger partial charge in [0.2, 0.25) is 11.7 Å². The summed E-state index contributed by atoms with van der Waals surface area (Å²) in [6.07, 6.45) is 1.41. The Morgan fingerprint density at radius 2 is 1.76 bits per heavy atom. The van der Waals surface area contributed by atoms with Crippen LogP contribution in [0, 0.1) is 6.92 Å². The van der Waals surface area contributed by atoms with Gasteiger partial charge in [0.05, 0.1) is 6.20 Å². The summed E-state index contributed by atoms with van der Waals surface area (Å²) in [5.41, 5.74) is 8.69. The van der Waals surface area contributed by atoms with Crippen LogP contribution >= 0.6 is 0 Å². The number of oxazole rings is 1. The van der Waals surface area contributed by atoms with Crippen LogP contribution in [-0.4, -0.2) is 56.2 Å². The molecule has 1 unspecified atom stereocenters. The van der Waals surface area contributed by atoms with Crippen LogP contribution in [0.1, 0.15) is 46.0 Å². The van der Waals surface area contributed by atoms with Crippen LogP contribution in [0.2, 0.25) is 0 Å². The number of nitrogens with two attached hydrogens (primary N) is 1. The van der Waals surface area contributed by atoms with Crippen LogP contribution in [0.4, 0.5) is 5.69 Å². The normalized spacial score (nSPS) is 11.7. The van der Waals surface area contributed by atoms with E-state index in [1.807, 2.05) is 69.3 Å². The molecule has 0 fully saturated rings. The standard InChI is InChI=1S/C34H34N6O5/c1-4-39(5-2)33(43)24-14-15-28-26(18-24)38-32(45-28)30(42)27(17-22-11-7-6-8-12-22)37-29(41)20-40-31(36-19-25(35)34(40)44)23-13-9-10-21(3)16-23/h6-16,18-19,27H,4-5,17,20,35H2,1-3H3,(H,37,41). The second-order valence-corrected chi connectivity index (χ2v) is 10.7. The first kappa shape index (κ1) is 30.9. The minimum atomic E-state index is -1.07. The van der Waals surface area contributed by atoms with Gasteiger partial charge in [0, 0.05) is 30.6 Å². The number of aryl methyl sites for hydroxylation is 1. The zero-order valence-electron chi connectivity index (χ0n) is 25.3. The monoisotopic (exact) mass is 606 g/mol. The maximum absolute atomic E-state index is 13.8. The first-order valence-corrected chi connectivity index (χ1v) is 14.7. The highest BCUT2D eigenvalue weighted by Crippen LogP contribution is 2.21. The molecule has 0 saturated carbocycles. The molecule has 1 atom stereocenters. The van der Waals surface area contributed by atoms with Crippen LogP contribution in [0.5, 0.6) is 0 Å². The van der Waals surface area contributed by atoms with Gasteiger partial charge in [0.25, 0.3) is 17.4 Å². The highest BCUT2D eigenvalue weighted by Gasteiger charge is 2.28. The molecule has 0 aliphatic rings. The largest absolute Gasteiger partial charge is 0.434 e. The summed E-state index contributed by atoms with van der Waals surface area (Å²) in [5.74, 6) is -1.24. The number of Topliss-reactive ketones (excluding diaryl/α,β-unsaturated/α-hetero) is 1. The number of ketones is 1. The molecule has 0 spiro atoms. The molecule has 45 heavy (non-hydrogen) atoms. The lowest BCUT2D eigenvalue weighted by Gasteiger charge is -2.18. The number of carbonyl (C=O) groups excluding carboxylic acids is 3. The number of benzene rings is 3. The van der Waals surface area contributed by atoms with Crippen molar-refractivity contribution in [2.24, 2.45) is 0 Å². The molecular weight excluding hydrogens is 572 g/mol. The molecule has 230 valence electrons. The van der Waals surface area contributed by atoms with Crippen LogP contribution < -0.4 is 16.6 Å². The molecule has 0 radical (unpaired) electrons. The quantitative estimate of drug-likeness (QED) is 0.214. The minimum absolute atomic E-state index is 0.110. The third-order valence-corrected chi connectivity index (χ3v) is 7.48. The van der Waals surface area contributed by atoms with Gasteiger partial charge in [0.15, 0.2) is 5.58 Å². The molecule has 5 aromatic rings. The van der Waals surface area contributed by atoms with Crippen molar-refractivity contribution in [3.63, 3.8) is 0 Å². The number of anilines is 1. The summed E-state index contributed by atoms with van der Waals surface area (Å²) in [6, 6.07) is 20.3. The van der Waals surface area contributed by atoms with Crippen molar-refractivity contribution >= 4 is 34.4 Å². The van der Waals surface area contributed by atoms with Crippen LogP contribution in [0.25, 0.3) is 22.5 Å². The summed E-state index contributed by atoms with van der Waals surface area (Å²) >= 11 is 0. The molecule has 0 saturated heterocycles. The maximum atomic E-state index is 13.8. The predicted octanol–water partition coefficient (Wildman–Crippen LogP) is 4.03. The number of hydrogen-bond donors (Lipinski definition) is 2. The van der Waals surface area contributed by atoms with E-state index in [0.717, 1.165) is 11.1 Å². The van der Waals surface area contributed by atoms with E-state index in [0.29, 0.717) is 35.3 Å². The molecule has 11 heteroatoms. The topological polar surface area (TPSA) is 153 Å². The summed E-state index contributed by atoms with van der Waals surface area (Å²) in [4.78, 5) is 63.7. The lowest BCUT2D eigenvalue weighted by molar-refractivity contribution is -0.122. The van der Waals surface area contributed by atoms with Gasteiger partial charge >= 0.3 is 0 Å². The minimum Gasteiger partial charge on any atom is -0.434 e. The fraction of sp³-hybridized carbons (Fsp3) is 0.235. The molecular formula is C34H34N6O5. The fourth-order valence-corrected chi connectivity index (χ4v) is 5.12. The highest BCUT2D eigenvalue weighted by molar-refractivity contribution is 6.01. The van der Waals surface area contributed by atoms with Gasteiger partial charge in [-0.05, 0) is 50.6 Å². The molecule has 2 heterocycles.